The number of rotatable bonds is 7. The molecule has 0 radical (unpaired) electrons. The molecule has 2 rings (SSSR count). The number of hydrogen-bond donors (Lipinski definition) is 2. The zero-order chi connectivity index (χ0) is 20.0. The molecule has 8 heteroatoms. The number of benzene rings is 2. The predicted octanol–water partition coefficient (Wildman–Crippen LogP) is 2.56. The van der Waals surface area contributed by atoms with Gasteiger partial charge in [0.05, 0.1) is 10.5 Å². The molecule has 7 nitrogen and oxygen atoms in total. The molecule has 1 amide bonds. The van der Waals surface area contributed by atoms with E-state index in [-0.39, 0.29) is 10.9 Å². The zero-order valence-corrected chi connectivity index (χ0v) is 16.1. The average molecular weight is 390 g/mol. The summed E-state index contributed by atoms with van der Waals surface area (Å²) in [7, 11) is -3.60. The van der Waals surface area contributed by atoms with E-state index in [1.165, 1.54) is 31.2 Å². The van der Waals surface area contributed by atoms with E-state index >= 15 is 0 Å². The van der Waals surface area contributed by atoms with Crippen LogP contribution in [0.2, 0.25) is 0 Å². The van der Waals surface area contributed by atoms with Gasteiger partial charge >= 0.3 is 5.97 Å². The molecule has 2 aromatic carbocycles. The van der Waals surface area contributed by atoms with E-state index < -0.39 is 28.0 Å². The summed E-state index contributed by atoms with van der Waals surface area (Å²) in [5.74, 6) is -1.12. The second-order valence-electron chi connectivity index (χ2n) is 6.20. The summed E-state index contributed by atoms with van der Waals surface area (Å²) in [4.78, 5) is 24.3. The molecule has 0 bridgehead atoms. The molecule has 27 heavy (non-hydrogen) atoms. The maximum atomic E-state index is 12.2. The Morgan fingerprint density at radius 2 is 1.52 bits per heavy atom. The van der Waals surface area contributed by atoms with Gasteiger partial charge in [-0.25, -0.2) is 17.9 Å². The van der Waals surface area contributed by atoms with Crippen LogP contribution < -0.4 is 10.0 Å². The number of sulfonamides is 1. The highest BCUT2D eigenvalue weighted by Gasteiger charge is 2.20. The van der Waals surface area contributed by atoms with Gasteiger partial charge in [-0.05, 0) is 57.2 Å². The van der Waals surface area contributed by atoms with E-state index in [4.69, 9.17) is 4.74 Å². The summed E-state index contributed by atoms with van der Waals surface area (Å²) in [5, 5.41) is 2.59. The van der Waals surface area contributed by atoms with Gasteiger partial charge in [-0.1, -0.05) is 18.2 Å². The summed E-state index contributed by atoms with van der Waals surface area (Å²) in [6.45, 7) is 4.91. The largest absolute Gasteiger partial charge is 0.449 e. The first kappa shape index (κ1) is 20.6. The third kappa shape index (κ3) is 5.90. The monoisotopic (exact) mass is 390 g/mol. The molecule has 0 aliphatic carbocycles. The molecule has 2 N–H and O–H groups in total. The highest BCUT2D eigenvalue weighted by Crippen LogP contribution is 2.15. The number of carbonyl (C=O) groups excluding carboxylic acids is 2. The first-order valence-corrected chi connectivity index (χ1v) is 9.86. The van der Waals surface area contributed by atoms with Crippen LogP contribution >= 0.6 is 0 Å². The Bertz CT molecular complexity index is 893. The number of hydrogen-bond acceptors (Lipinski definition) is 5. The maximum Gasteiger partial charge on any atom is 0.338 e. The van der Waals surface area contributed by atoms with Crippen molar-refractivity contribution in [1.29, 1.82) is 0 Å². The molecular formula is C19H22N2O5S. The summed E-state index contributed by atoms with van der Waals surface area (Å²) < 4.78 is 31.8. The van der Waals surface area contributed by atoms with E-state index in [9.17, 15) is 18.0 Å². The van der Waals surface area contributed by atoms with Crippen LogP contribution in [0.3, 0.4) is 0 Å². The van der Waals surface area contributed by atoms with Gasteiger partial charge in [-0.3, -0.25) is 4.79 Å². The molecule has 1 atom stereocenters. The standard InChI is InChI=1S/C19H22N2O5S/c1-13(2)21-27(24,25)17-11-9-16(10-12-17)20-18(22)14(3)26-19(23)15-7-5-4-6-8-15/h4-14,21H,1-3H3,(H,20,22)/t14-/m0/s1. The van der Waals surface area contributed by atoms with Crippen LogP contribution in [0.15, 0.2) is 59.5 Å². The maximum absolute atomic E-state index is 12.2. The van der Waals surface area contributed by atoms with Crippen molar-refractivity contribution in [3.8, 4) is 0 Å². The molecular weight excluding hydrogens is 368 g/mol. The van der Waals surface area contributed by atoms with Crippen molar-refractivity contribution in [2.75, 3.05) is 5.32 Å². The Hall–Kier alpha value is -2.71. The number of anilines is 1. The minimum Gasteiger partial charge on any atom is -0.449 e. The minimum atomic E-state index is -3.60. The van der Waals surface area contributed by atoms with Gasteiger partial charge in [0.2, 0.25) is 10.0 Å². The van der Waals surface area contributed by atoms with E-state index in [0.29, 0.717) is 11.3 Å². The Kier molecular flexibility index (Phi) is 6.70. The van der Waals surface area contributed by atoms with E-state index in [1.54, 1.807) is 44.2 Å². The summed E-state index contributed by atoms with van der Waals surface area (Å²) >= 11 is 0. The lowest BCUT2D eigenvalue weighted by molar-refractivity contribution is -0.123. The van der Waals surface area contributed by atoms with Crippen molar-refractivity contribution < 1.29 is 22.7 Å². The smallest absolute Gasteiger partial charge is 0.338 e. The molecule has 0 aliphatic rings. The number of nitrogens with one attached hydrogen (secondary N) is 2. The zero-order valence-electron chi connectivity index (χ0n) is 15.3. The Morgan fingerprint density at radius 1 is 0.926 bits per heavy atom. The van der Waals surface area contributed by atoms with Crippen molar-refractivity contribution >= 4 is 27.6 Å². The van der Waals surface area contributed by atoms with E-state index in [2.05, 4.69) is 10.0 Å². The second kappa shape index (κ2) is 8.79. The Labute approximate surface area is 158 Å². The van der Waals surface area contributed by atoms with Gasteiger partial charge in [0, 0.05) is 11.7 Å². The van der Waals surface area contributed by atoms with E-state index in [1.807, 2.05) is 0 Å². The minimum absolute atomic E-state index is 0.0951. The lowest BCUT2D eigenvalue weighted by Crippen LogP contribution is -2.30. The van der Waals surface area contributed by atoms with Crippen LogP contribution in [0.5, 0.6) is 0 Å². The molecule has 0 unspecified atom stereocenters. The van der Waals surface area contributed by atoms with Gasteiger partial charge in [-0.2, -0.15) is 0 Å². The fraction of sp³-hybridized carbons (Fsp3) is 0.263. The van der Waals surface area contributed by atoms with Gasteiger partial charge in [-0.15, -0.1) is 0 Å². The van der Waals surface area contributed by atoms with Gasteiger partial charge in [0.15, 0.2) is 6.10 Å². The van der Waals surface area contributed by atoms with Crippen molar-refractivity contribution in [3.63, 3.8) is 0 Å². The number of ether oxygens (including phenoxy) is 1. The normalized spacial score (nSPS) is 12.4. The molecule has 2 aromatic rings. The van der Waals surface area contributed by atoms with Gasteiger partial charge < -0.3 is 10.1 Å². The molecule has 0 spiro atoms. The van der Waals surface area contributed by atoms with Gasteiger partial charge in [0.25, 0.3) is 5.91 Å². The Morgan fingerprint density at radius 3 is 2.07 bits per heavy atom. The number of esters is 1. The molecule has 0 aliphatic heterocycles. The predicted molar refractivity (Wildman–Crippen MR) is 102 cm³/mol. The molecule has 0 saturated carbocycles. The average Bonchev–Trinajstić information content (AvgIpc) is 2.61. The van der Waals surface area contributed by atoms with Crippen LogP contribution in [0.4, 0.5) is 5.69 Å². The van der Waals surface area contributed by atoms with Crippen LogP contribution in [0.1, 0.15) is 31.1 Å². The number of carbonyl (C=O) groups is 2. The van der Waals surface area contributed by atoms with Crippen LogP contribution in [-0.4, -0.2) is 32.4 Å². The van der Waals surface area contributed by atoms with Gasteiger partial charge in [0.1, 0.15) is 0 Å². The topological polar surface area (TPSA) is 102 Å². The van der Waals surface area contributed by atoms with Crippen molar-refractivity contribution in [2.24, 2.45) is 0 Å². The third-order valence-electron chi connectivity index (χ3n) is 3.49. The number of amides is 1. The van der Waals surface area contributed by atoms with E-state index in [0.717, 1.165) is 0 Å². The van der Waals surface area contributed by atoms with Crippen molar-refractivity contribution in [3.05, 3.63) is 60.2 Å². The quantitative estimate of drug-likeness (QED) is 0.708. The fourth-order valence-corrected chi connectivity index (χ4v) is 3.45. The van der Waals surface area contributed by atoms with Crippen molar-refractivity contribution in [2.45, 2.75) is 37.8 Å². The molecule has 0 saturated heterocycles. The molecule has 0 fully saturated rings. The highest BCUT2D eigenvalue weighted by atomic mass is 32.2. The lowest BCUT2D eigenvalue weighted by atomic mass is 10.2. The molecule has 0 heterocycles. The first-order chi connectivity index (χ1) is 12.7. The molecule has 0 aromatic heterocycles. The SMILES string of the molecule is CC(C)NS(=O)(=O)c1ccc(NC(=O)[C@H](C)OC(=O)c2ccccc2)cc1. The molecule has 144 valence electrons. The second-order valence-corrected chi connectivity index (χ2v) is 7.92. The highest BCUT2D eigenvalue weighted by molar-refractivity contribution is 7.89. The van der Waals surface area contributed by atoms with Crippen LogP contribution in [0.25, 0.3) is 0 Å². The Balaban J connectivity index is 1.98. The lowest BCUT2D eigenvalue weighted by Gasteiger charge is -2.14. The first-order valence-electron chi connectivity index (χ1n) is 8.38. The van der Waals surface area contributed by atoms with Crippen LogP contribution in [0, 0.1) is 0 Å². The fourth-order valence-electron chi connectivity index (χ4n) is 2.20. The summed E-state index contributed by atoms with van der Waals surface area (Å²) in [6, 6.07) is 13.9. The summed E-state index contributed by atoms with van der Waals surface area (Å²) in [5.41, 5.74) is 0.746. The van der Waals surface area contributed by atoms with Crippen molar-refractivity contribution in [1.82, 2.24) is 4.72 Å². The summed E-state index contributed by atoms with van der Waals surface area (Å²) in [6.07, 6.45) is -1.01. The third-order valence-corrected chi connectivity index (χ3v) is 5.16. The van der Waals surface area contributed by atoms with Crippen LogP contribution in [-0.2, 0) is 19.6 Å².